The predicted octanol–water partition coefficient (Wildman–Crippen LogP) is 3.41. The molecule has 1 saturated carbocycles. The van der Waals surface area contributed by atoms with Gasteiger partial charge in [0, 0.05) is 12.0 Å². The number of carbonyl (C=O) groups excluding carboxylic acids is 1. The van der Waals surface area contributed by atoms with Gasteiger partial charge in [0.1, 0.15) is 16.7 Å². The van der Waals surface area contributed by atoms with E-state index in [1.165, 1.54) is 24.2 Å². The van der Waals surface area contributed by atoms with Crippen LogP contribution in [-0.4, -0.2) is 18.0 Å². The van der Waals surface area contributed by atoms with Gasteiger partial charge in [-0.1, -0.05) is 18.2 Å². The van der Waals surface area contributed by atoms with Crippen molar-refractivity contribution in [2.75, 3.05) is 7.11 Å². The van der Waals surface area contributed by atoms with Crippen molar-refractivity contribution in [3.05, 3.63) is 45.4 Å². The minimum absolute atomic E-state index is 0.260. The molecule has 0 spiro atoms. The third-order valence-electron chi connectivity index (χ3n) is 4.06. The van der Waals surface area contributed by atoms with Gasteiger partial charge in [-0.15, -0.1) is 11.3 Å². The fraction of sp³-hybridized carbons (Fsp3) is 0.389. The van der Waals surface area contributed by atoms with Crippen LogP contribution in [0.4, 0.5) is 0 Å². The van der Waals surface area contributed by atoms with Crippen LogP contribution in [0.1, 0.15) is 44.8 Å². The molecule has 1 aliphatic rings. The SMILES string of the molecule is COc1ccccc1[C@@H](C#N)NC(=O)c1sc(CC2CC2)nc1C. The van der Waals surface area contributed by atoms with Crippen molar-refractivity contribution in [2.45, 2.75) is 32.2 Å². The number of nitriles is 1. The summed E-state index contributed by atoms with van der Waals surface area (Å²) in [6.45, 7) is 1.84. The Kier molecular flexibility index (Phi) is 4.81. The van der Waals surface area contributed by atoms with E-state index in [0.717, 1.165) is 23.0 Å². The first-order valence-electron chi connectivity index (χ1n) is 7.92. The Morgan fingerprint density at radius 2 is 2.25 bits per heavy atom. The highest BCUT2D eigenvalue weighted by Gasteiger charge is 2.26. The monoisotopic (exact) mass is 341 g/mol. The molecule has 24 heavy (non-hydrogen) atoms. The summed E-state index contributed by atoms with van der Waals surface area (Å²) in [6, 6.07) is 8.58. The van der Waals surface area contributed by atoms with Crippen LogP contribution in [0.5, 0.6) is 5.75 Å². The largest absolute Gasteiger partial charge is 0.496 e. The van der Waals surface area contributed by atoms with E-state index in [9.17, 15) is 10.1 Å². The summed E-state index contributed by atoms with van der Waals surface area (Å²) in [4.78, 5) is 17.7. The average molecular weight is 341 g/mol. The quantitative estimate of drug-likeness (QED) is 0.874. The number of benzene rings is 1. The van der Waals surface area contributed by atoms with Crippen molar-refractivity contribution in [3.63, 3.8) is 0 Å². The fourth-order valence-corrected chi connectivity index (χ4v) is 3.68. The number of hydrogen-bond donors (Lipinski definition) is 1. The molecule has 3 rings (SSSR count). The second kappa shape index (κ2) is 7.02. The number of methoxy groups -OCH3 is 1. The van der Waals surface area contributed by atoms with Gasteiger partial charge in [-0.2, -0.15) is 5.26 Å². The number of para-hydroxylation sites is 1. The third-order valence-corrected chi connectivity index (χ3v) is 5.24. The molecule has 5 nitrogen and oxygen atoms in total. The molecule has 0 aliphatic heterocycles. The molecule has 0 unspecified atom stereocenters. The number of carbonyl (C=O) groups is 1. The maximum atomic E-state index is 12.6. The normalized spacial score (nSPS) is 14.7. The van der Waals surface area contributed by atoms with Crippen LogP contribution in [0.15, 0.2) is 24.3 Å². The summed E-state index contributed by atoms with van der Waals surface area (Å²) in [6.07, 6.45) is 3.46. The molecule has 1 N–H and O–H groups in total. The minimum atomic E-state index is -0.762. The molecule has 0 radical (unpaired) electrons. The van der Waals surface area contributed by atoms with Gasteiger partial charge in [-0.3, -0.25) is 4.79 Å². The standard InChI is InChI=1S/C18H19N3O2S/c1-11-17(24-16(20-11)9-12-7-8-12)18(22)21-14(10-19)13-5-3-4-6-15(13)23-2/h3-6,12,14H,7-9H2,1-2H3,(H,21,22)/t14-/m1/s1. The van der Waals surface area contributed by atoms with Gasteiger partial charge in [0.15, 0.2) is 0 Å². The highest BCUT2D eigenvalue weighted by Crippen LogP contribution is 2.34. The number of ether oxygens (including phenoxy) is 1. The highest BCUT2D eigenvalue weighted by molar-refractivity contribution is 7.13. The molecule has 124 valence electrons. The molecule has 1 heterocycles. The van der Waals surface area contributed by atoms with E-state index in [-0.39, 0.29) is 5.91 Å². The molecular weight excluding hydrogens is 322 g/mol. The number of nitrogens with one attached hydrogen (secondary N) is 1. The molecule has 0 saturated heterocycles. The van der Waals surface area contributed by atoms with Crippen LogP contribution < -0.4 is 10.1 Å². The topological polar surface area (TPSA) is 75.0 Å². The lowest BCUT2D eigenvalue weighted by atomic mass is 10.1. The number of aryl methyl sites for hydroxylation is 1. The van der Waals surface area contributed by atoms with E-state index in [2.05, 4.69) is 16.4 Å². The van der Waals surface area contributed by atoms with E-state index in [0.29, 0.717) is 16.2 Å². The lowest BCUT2D eigenvalue weighted by molar-refractivity contribution is 0.0948. The Labute approximate surface area is 145 Å². The first kappa shape index (κ1) is 16.5. The molecule has 1 fully saturated rings. The van der Waals surface area contributed by atoms with Crippen LogP contribution in [0.2, 0.25) is 0 Å². The lowest BCUT2D eigenvalue weighted by Gasteiger charge is -2.14. The van der Waals surface area contributed by atoms with Gasteiger partial charge in [-0.05, 0) is 31.7 Å². The van der Waals surface area contributed by atoms with Crippen molar-refractivity contribution in [3.8, 4) is 11.8 Å². The fourth-order valence-electron chi connectivity index (χ4n) is 2.60. The zero-order valence-electron chi connectivity index (χ0n) is 13.7. The summed E-state index contributed by atoms with van der Waals surface area (Å²) < 4.78 is 5.28. The van der Waals surface area contributed by atoms with Gasteiger partial charge < -0.3 is 10.1 Å². The van der Waals surface area contributed by atoms with Crippen molar-refractivity contribution >= 4 is 17.2 Å². The number of aromatic nitrogens is 1. The van der Waals surface area contributed by atoms with E-state index < -0.39 is 6.04 Å². The smallest absolute Gasteiger partial charge is 0.264 e. The maximum absolute atomic E-state index is 12.6. The summed E-state index contributed by atoms with van der Waals surface area (Å²) in [7, 11) is 1.55. The first-order valence-corrected chi connectivity index (χ1v) is 8.73. The summed E-state index contributed by atoms with van der Waals surface area (Å²) in [5, 5.41) is 13.3. The predicted molar refractivity (Wildman–Crippen MR) is 92.1 cm³/mol. The third kappa shape index (κ3) is 3.57. The second-order valence-electron chi connectivity index (χ2n) is 5.95. The van der Waals surface area contributed by atoms with Crippen LogP contribution in [-0.2, 0) is 6.42 Å². The van der Waals surface area contributed by atoms with Gasteiger partial charge in [-0.25, -0.2) is 4.98 Å². The molecule has 1 aromatic carbocycles. The van der Waals surface area contributed by atoms with E-state index in [1.54, 1.807) is 19.2 Å². The van der Waals surface area contributed by atoms with Crippen LogP contribution >= 0.6 is 11.3 Å². The zero-order chi connectivity index (χ0) is 17.1. The van der Waals surface area contributed by atoms with Crippen LogP contribution in [0.3, 0.4) is 0 Å². The molecule has 6 heteroatoms. The Morgan fingerprint density at radius 1 is 1.50 bits per heavy atom. The van der Waals surface area contributed by atoms with Crippen molar-refractivity contribution in [1.29, 1.82) is 5.26 Å². The van der Waals surface area contributed by atoms with Gasteiger partial charge in [0.05, 0.1) is 23.9 Å². The van der Waals surface area contributed by atoms with Crippen molar-refractivity contribution in [2.24, 2.45) is 5.92 Å². The zero-order valence-corrected chi connectivity index (χ0v) is 14.5. The molecule has 1 aromatic heterocycles. The summed E-state index contributed by atoms with van der Waals surface area (Å²) >= 11 is 1.43. The molecular formula is C18H19N3O2S. The van der Waals surface area contributed by atoms with Crippen LogP contribution in [0, 0.1) is 24.2 Å². The number of hydrogen-bond acceptors (Lipinski definition) is 5. The molecule has 0 bridgehead atoms. The van der Waals surface area contributed by atoms with Crippen molar-refractivity contribution < 1.29 is 9.53 Å². The number of nitrogens with zero attached hydrogens (tertiary/aromatic N) is 2. The number of amides is 1. The van der Waals surface area contributed by atoms with Crippen LogP contribution in [0.25, 0.3) is 0 Å². The molecule has 1 atom stereocenters. The minimum Gasteiger partial charge on any atom is -0.496 e. The maximum Gasteiger partial charge on any atom is 0.264 e. The number of rotatable bonds is 6. The molecule has 1 aliphatic carbocycles. The lowest BCUT2D eigenvalue weighted by Crippen LogP contribution is -2.27. The Balaban J connectivity index is 1.77. The number of thiazole rings is 1. The van der Waals surface area contributed by atoms with Gasteiger partial charge >= 0.3 is 0 Å². The summed E-state index contributed by atoms with van der Waals surface area (Å²) in [5.74, 6) is 1.05. The molecule has 2 aromatic rings. The molecule has 1 amide bonds. The average Bonchev–Trinajstić information content (AvgIpc) is 3.33. The second-order valence-corrected chi connectivity index (χ2v) is 7.03. The Hall–Kier alpha value is -2.39. The van der Waals surface area contributed by atoms with E-state index in [1.807, 2.05) is 19.1 Å². The van der Waals surface area contributed by atoms with E-state index in [4.69, 9.17) is 4.74 Å². The van der Waals surface area contributed by atoms with Gasteiger partial charge in [0.25, 0.3) is 5.91 Å². The van der Waals surface area contributed by atoms with Gasteiger partial charge in [0.2, 0.25) is 0 Å². The Morgan fingerprint density at radius 3 is 2.92 bits per heavy atom. The first-order chi connectivity index (χ1) is 11.6. The van der Waals surface area contributed by atoms with E-state index >= 15 is 0 Å². The Bertz CT molecular complexity index is 790. The highest BCUT2D eigenvalue weighted by atomic mass is 32.1. The van der Waals surface area contributed by atoms with Crippen molar-refractivity contribution in [1.82, 2.24) is 10.3 Å². The summed E-state index contributed by atoms with van der Waals surface area (Å²) in [5.41, 5.74) is 1.38.